The Morgan fingerprint density at radius 1 is 0.535 bits per heavy atom. The molecule has 0 amide bonds. The molecule has 0 aromatic heterocycles. The monoisotopic (exact) mass is 624 g/mol. The van der Waals surface area contributed by atoms with Gasteiger partial charge < -0.3 is 59.8 Å². The second kappa shape index (κ2) is 21.7. The van der Waals surface area contributed by atoms with Gasteiger partial charge in [0.25, 0.3) is 0 Å². The number of aliphatic hydroxyl groups is 7. The van der Waals surface area contributed by atoms with E-state index in [-0.39, 0.29) is 13.0 Å². The fraction of sp³-hybridized carbons (Fsp3) is 0.967. The van der Waals surface area contributed by atoms with Crippen molar-refractivity contribution < 1.29 is 64.6 Å². The highest BCUT2D eigenvalue weighted by molar-refractivity contribution is 5.66. The number of carbonyl (C=O) groups is 1. The van der Waals surface area contributed by atoms with Crippen molar-refractivity contribution in [2.75, 3.05) is 19.8 Å². The zero-order valence-corrected chi connectivity index (χ0v) is 25.3. The second-order valence-electron chi connectivity index (χ2n) is 11.8. The maximum Gasteiger partial charge on any atom is 0.303 e. The molecule has 2 heterocycles. The molecule has 2 aliphatic rings. The molecule has 0 unspecified atom stereocenters. The SMILES string of the molecule is O=C(O)CCCCCCCCCCCCCCCCCO[C@@H]1O[C@H](CO)[C@@H](O)[C@H](O)[C@H]1O[C@@H]1O[C@H](CO)[C@@H](O)[C@H](O)[C@H]1O. The number of ether oxygens (including phenoxy) is 4. The van der Waals surface area contributed by atoms with E-state index in [9.17, 15) is 40.5 Å². The van der Waals surface area contributed by atoms with Crippen LogP contribution in [0.15, 0.2) is 0 Å². The van der Waals surface area contributed by atoms with Gasteiger partial charge in [-0.05, 0) is 12.8 Å². The summed E-state index contributed by atoms with van der Waals surface area (Å²) in [5.74, 6) is -0.709. The van der Waals surface area contributed by atoms with Crippen LogP contribution in [0.25, 0.3) is 0 Å². The minimum Gasteiger partial charge on any atom is -0.481 e. The molecule has 0 saturated carbocycles. The van der Waals surface area contributed by atoms with Crippen LogP contribution in [-0.4, -0.2) is 128 Å². The molecule has 0 aliphatic carbocycles. The molecule has 0 aromatic rings. The van der Waals surface area contributed by atoms with E-state index >= 15 is 0 Å². The van der Waals surface area contributed by atoms with E-state index in [2.05, 4.69) is 0 Å². The Balaban J connectivity index is 1.59. The fourth-order valence-electron chi connectivity index (χ4n) is 5.55. The summed E-state index contributed by atoms with van der Waals surface area (Å²) in [4.78, 5) is 10.5. The molecule has 254 valence electrons. The first-order chi connectivity index (χ1) is 20.7. The van der Waals surface area contributed by atoms with E-state index < -0.39 is 80.6 Å². The number of hydrogen-bond acceptors (Lipinski definition) is 12. The maximum absolute atomic E-state index is 10.7. The number of hydrogen-bond donors (Lipinski definition) is 8. The summed E-state index contributed by atoms with van der Waals surface area (Å²) in [5, 5.41) is 78.9. The molecule has 0 bridgehead atoms. The van der Waals surface area contributed by atoms with E-state index in [4.69, 9.17) is 24.1 Å². The molecule has 0 aromatic carbocycles. The second-order valence-corrected chi connectivity index (χ2v) is 11.8. The van der Waals surface area contributed by atoms with Crippen molar-refractivity contribution in [1.29, 1.82) is 0 Å². The first kappa shape index (κ1) is 38.2. The summed E-state index contributed by atoms with van der Waals surface area (Å²) in [7, 11) is 0. The minimum atomic E-state index is -1.70. The smallest absolute Gasteiger partial charge is 0.303 e. The summed E-state index contributed by atoms with van der Waals surface area (Å²) in [6.07, 6.45) is 2.28. The van der Waals surface area contributed by atoms with Crippen molar-refractivity contribution in [1.82, 2.24) is 0 Å². The van der Waals surface area contributed by atoms with E-state index in [1.807, 2.05) is 0 Å². The Bertz CT molecular complexity index is 726. The Hall–Kier alpha value is -0.970. The molecule has 0 spiro atoms. The van der Waals surface area contributed by atoms with Gasteiger partial charge in [0.15, 0.2) is 12.6 Å². The van der Waals surface area contributed by atoms with Crippen LogP contribution in [0.5, 0.6) is 0 Å². The number of carboxylic acids is 1. The van der Waals surface area contributed by atoms with Crippen LogP contribution in [0.3, 0.4) is 0 Å². The Morgan fingerprint density at radius 3 is 1.42 bits per heavy atom. The molecular weight excluding hydrogens is 568 g/mol. The van der Waals surface area contributed by atoms with E-state index in [0.29, 0.717) is 6.42 Å². The number of rotatable bonds is 23. The number of aliphatic carboxylic acids is 1. The Labute approximate surface area is 254 Å². The van der Waals surface area contributed by atoms with Gasteiger partial charge >= 0.3 is 5.97 Å². The predicted octanol–water partition coefficient (Wildman–Crippen LogP) is 0.953. The molecule has 8 N–H and O–H groups in total. The molecule has 13 heteroatoms. The average molecular weight is 625 g/mol. The van der Waals surface area contributed by atoms with Crippen LogP contribution in [0.4, 0.5) is 0 Å². The summed E-state index contributed by atoms with van der Waals surface area (Å²) in [6.45, 7) is -0.954. The summed E-state index contributed by atoms with van der Waals surface area (Å²) < 4.78 is 22.4. The van der Waals surface area contributed by atoms with Gasteiger partial charge in [0.1, 0.15) is 48.8 Å². The van der Waals surface area contributed by atoms with Gasteiger partial charge in [-0.3, -0.25) is 4.79 Å². The lowest BCUT2D eigenvalue weighted by atomic mass is 9.97. The van der Waals surface area contributed by atoms with Crippen molar-refractivity contribution in [3.8, 4) is 0 Å². The molecule has 13 nitrogen and oxygen atoms in total. The number of carboxylic acid groups (broad SMARTS) is 1. The van der Waals surface area contributed by atoms with Crippen molar-refractivity contribution in [3.63, 3.8) is 0 Å². The summed E-state index contributed by atoms with van der Waals surface area (Å²) in [5.41, 5.74) is 0. The first-order valence-electron chi connectivity index (χ1n) is 16.1. The van der Waals surface area contributed by atoms with Gasteiger partial charge in [-0.25, -0.2) is 0 Å². The standard InChI is InChI=1S/C30H56O13/c31-18-20-23(35)25(37)27(39)29(41-20)43-28-26(38)24(36)21(19-32)42-30(28)40-17-15-13-11-9-7-5-3-1-2-4-6-8-10-12-14-16-22(33)34/h20-21,23-32,35-39H,1-19H2,(H,33,34)/t20-,21-,23-,24-,25+,26+,27-,28-,29+,30-/m1/s1. The highest BCUT2D eigenvalue weighted by Gasteiger charge is 2.50. The van der Waals surface area contributed by atoms with Crippen LogP contribution < -0.4 is 0 Å². The van der Waals surface area contributed by atoms with E-state index in [1.165, 1.54) is 51.4 Å². The van der Waals surface area contributed by atoms with Gasteiger partial charge in [-0.15, -0.1) is 0 Å². The van der Waals surface area contributed by atoms with Crippen LogP contribution in [0, 0.1) is 0 Å². The zero-order chi connectivity index (χ0) is 31.6. The van der Waals surface area contributed by atoms with E-state index in [0.717, 1.165) is 38.5 Å². The fourth-order valence-corrected chi connectivity index (χ4v) is 5.55. The summed E-state index contributed by atoms with van der Waals surface area (Å²) in [6, 6.07) is 0. The largest absolute Gasteiger partial charge is 0.481 e. The third-order valence-corrected chi connectivity index (χ3v) is 8.28. The highest BCUT2D eigenvalue weighted by Crippen LogP contribution is 2.30. The average Bonchev–Trinajstić information content (AvgIpc) is 2.99. The van der Waals surface area contributed by atoms with Gasteiger partial charge in [0.2, 0.25) is 0 Å². The van der Waals surface area contributed by atoms with E-state index in [1.54, 1.807) is 0 Å². The molecule has 2 saturated heterocycles. The molecular formula is C30H56O13. The lowest BCUT2D eigenvalue weighted by Crippen LogP contribution is -2.64. The lowest BCUT2D eigenvalue weighted by Gasteiger charge is -2.45. The highest BCUT2D eigenvalue weighted by atomic mass is 16.8. The van der Waals surface area contributed by atoms with Gasteiger partial charge in [0.05, 0.1) is 13.2 Å². The van der Waals surface area contributed by atoms with Crippen LogP contribution in [0.2, 0.25) is 0 Å². The van der Waals surface area contributed by atoms with Gasteiger partial charge in [-0.2, -0.15) is 0 Å². The van der Waals surface area contributed by atoms with Crippen molar-refractivity contribution in [2.45, 2.75) is 164 Å². The number of aliphatic hydroxyl groups excluding tert-OH is 7. The molecule has 2 fully saturated rings. The third kappa shape index (κ3) is 13.5. The van der Waals surface area contributed by atoms with Crippen molar-refractivity contribution in [2.24, 2.45) is 0 Å². The maximum atomic E-state index is 10.7. The lowest BCUT2D eigenvalue weighted by molar-refractivity contribution is -0.367. The molecule has 2 aliphatic heterocycles. The van der Waals surface area contributed by atoms with Crippen molar-refractivity contribution >= 4 is 5.97 Å². The molecule has 2 rings (SSSR count). The zero-order valence-electron chi connectivity index (χ0n) is 25.3. The van der Waals surface area contributed by atoms with Crippen LogP contribution in [-0.2, 0) is 23.7 Å². The first-order valence-corrected chi connectivity index (χ1v) is 16.1. The molecule has 43 heavy (non-hydrogen) atoms. The predicted molar refractivity (Wildman–Crippen MR) is 154 cm³/mol. The summed E-state index contributed by atoms with van der Waals surface area (Å²) >= 11 is 0. The Kier molecular flexibility index (Phi) is 19.3. The topological polar surface area (TPSA) is 216 Å². The number of unbranched alkanes of at least 4 members (excludes halogenated alkanes) is 14. The van der Waals surface area contributed by atoms with Crippen molar-refractivity contribution in [3.05, 3.63) is 0 Å². The molecule has 0 radical (unpaired) electrons. The quantitative estimate of drug-likeness (QED) is 0.0744. The van der Waals surface area contributed by atoms with Gasteiger partial charge in [-0.1, -0.05) is 83.5 Å². The molecule has 10 atom stereocenters. The Morgan fingerprint density at radius 2 is 0.953 bits per heavy atom. The normalized spacial score (nSPS) is 33.1. The third-order valence-electron chi connectivity index (χ3n) is 8.28. The van der Waals surface area contributed by atoms with Crippen LogP contribution in [0.1, 0.15) is 103 Å². The van der Waals surface area contributed by atoms with Crippen LogP contribution >= 0.6 is 0 Å². The van der Waals surface area contributed by atoms with Gasteiger partial charge in [0, 0.05) is 13.0 Å². The minimum absolute atomic E-state index is 0.264.